The van der Waals surface area contributed by atoms with Crippen molar-refractivity contribution in [3.05, 3.63) is 106 Å². The second-order valence-corrected chi connectivity index (χ2v) is 6.62. The largest absolute Gasteiger partial charge is 0.352 e. The van der Waals surface area contributed by atoms with Gasteiger partial charge in [-0.05, 0) is 53.9 Å². The van der Waals surface area contributed by atoms with Gasteiger partial charge in [0.05, 0.1) is 11.6 Å². The molecule has 1 amide bonds. The summed E-state index contributed by atoms with van der Waals surface area (Å²) in [7, 11) is 0. The lowest BCUT2D eigenvalue weighted by Gasteiger charge is -2.19. The zero-order valence-corrected chi connectivity index (χ0v) is 15.6. The van der Waals surface area contributed by atoms with Crippen LogP contribution in [0.25, 0.3) is 0 Å². The molecular formula is C24H19FN2O2. The van der Waals surface area contributed by atoms with Crippen LogP contribution in [0.15, 0.2) is 72.8 Å². The highest BCUT2D eigenvalue weighted by atomic mass is 19.1. The van der Waals surface area contributed by atoms with Gasteiger partial charge < -0.3 is 5.32 Å². The molecule has 0 aliphatic carbocycles. The second-order valence-electron chi connectivity index (χ2n) is 6.62. The van der Waals surface area contributed by atoms with Crippen molar-refractivity contribution in [3.8, 4) is 6.07 Å². The van der Waals surface area contributed by atoms with Gasteiger partial charge in [-0.2, -0.15) is 5.26 Å². The summed E-state index contributed by atoms with van der Waals surface area (Å²) < 4.78 is 13.3. The molecule has 0 aromatic heterocycles. The Hall–Kier alpha value is -3.78. The Morgan fingerprint density at radius 1 is 0.966 bits per heavy atom. The van der Waals surface area contributed by atoms with Crippen molar-refractivity contribution < 1.29 is 14.0 Å². The molecule has 0 aliphatic heterocycles. The molecule has 0 aliphatic rings. The van der Waals surface area contributed by atoms with Crippen molar-refractivity contribution in [2.45, 2.75) is 12.3 Å². The van der Waals surface area contributed by atoms with Crippen molar-refractivity contribution in [1.29, 1.82) is 5.26 Å². The van der Waals surface area contributed by atoms with Gasteiger partial charge in [0.25, 0.3) is 5.91 Å². The van der Waals surface area contributed by atoms with E-state index < -0.39 is 0 Å². The van der Waals surface area contributed by atoms with Gasteiger partial charge in [-0.15, -0.1) is 0 Å². The molecular weight excluding hydrogens is 367 g/mol. The maximum absolute atomic E-state index is 13.3. The number of hydrogen-bond acceptors (Lipinski definition) is 3. The van der Waals surface area contributed by atoms with Crippen molar-refractivity contribution in [1.82, 2.24) is 5.32 Å². The molecule has 0 spiro atoms. The van der Waals surface area contributed by atoms with E-state index in [1.54, 1.807) is 48.5 Å². The maximum Gasteiger partial charge on any atom is 0.251 e. The summed E-state index contributed by atoms with van der Waals surface area (Å²) in [6, 6.07) is 22.0. The highest BCUT2D eigenvalue weighted by molar-refractivity contribution is 5.94. The van der Waals surface area contributed by atoms with Crippen LogP contribution >= 0.6 is 0 Å². The number of nitriles is 1. The summed E-state index contributed by atoms with van der Waals surface area (Å²) in [5.74, 6) is -0.584. The number of aldehydes is 1. The fourth-order valence-electron chi connectivity index (χ4n) is 3.16. The molecule has 5 heteroatoms. The minimum absolute atomic E-state index is 0.0578. The highest BCUT2D eigenvalue weighted by Crippen LogP contribution is 2.28. The van der Waals surface area contributed by atoms with Crippen LogP contribution < -0.4 is 5.32 Å². The van der Waals surface area contributed by atoms with Crippen LogP contribution in [-0.2, 0) is 0 Å². The first kappa shape index (κ1) is 20.0. The van der Waals surface area contributed by atoms with Crippen LogP contribution in [0.2, 0.25) is 0 Å². The van der Waals surface area contributed by atoms with E-state index in [0.717, 1.165) is 17.4 Å². The summed E-state index contributed by atoms with van der Waals surface area (Å²) in [5, 5.41) is 11.7. The predicted molar refractivity (Wildman–Crippen MR) is 108 cm³/mol. The fraction of sp³-hybridized carbons (Fsp3) is 0.125. The fourth-order valence-corrected chi connectivity index (χ4v) is 3.16. The van der Waals surface area contributed by atoms with E-state index >= 15 is 0 Å². The Kier molecular flexibility index (Phi) is 6.49. The molecule has 3 aromatic rings. The number of carbonyl (C=O) groups excluding carboxylic acids is 2. The monoisotopic (exact) mass is 386 g/mol. The van der Waals surface area contributed by atoms with E-state index in [0.29, 0.717) is 29.7 Å². The zero-order valence-electron chi connectivity index (χ0n) is 15.6. The molecule has 144 valence electrons. The van der Waals surface area contributed by atoms with Crippen LogP contribution in [0, 0.1) is 17.1 Å². The number of hydrogen-bond donors (Lipinski definition) is 1. The first-order chi connectivity index (χ1) is 14.1. The smallest absolute Gasteiger partial charge is 0.251 e. The minimum atomic E-state index is -0.307. The number of benzene rings is 3. The van der Waals surface area contributed by atoms with E-state index in [-0.39, 0.29) is 17.6 Å². The summed E-state index contributed by atoms with van der Waals surface area (Å²) in [4.78, 5) is 23.3. The topological polar surface area (TPSA) is 70.0 Å². The summed E-state index contributed by atoms with van der Waals surface area (Å²) in [5.41, 5.74) is 3.47. The molecule has 4 nitrogen and oxygen atoms in total. The van der Waals surface area contributed by atoms with Gasteiger partial charge >= 0.3 is 0 Å². The Balaban J connectivity index is 1.72. The molecule has 0 heterocycles. The van der Waals surface area contributed by atoms with Gasteiger partial charge in [0.15, 0.2) is 0 Å². The van der Waals surface area contributed by atoms with Gasteiger partial charge in [0, 0.05) is 23.6 Å². The predicted octanol–water partition coefficient (Wildman–Crippen LogP) is 4.46. The van der Waals surface area contributed by atoms with Crippen molar-refractivity contribution in [2.24, 2.45) is 0 Å². The van der Waals surface area contributed by atoms with Gasteiger partial charge in [0.2, 0.25) is 0 Å². The highest BCUT2D eigenvalue weighted by Gasteiger charge is 2.15. The molecule has 0 saturated heterocycles. The van der Waals surface area contributed by atoms with Gasteiger partial charge in [-0.3, -0.25) is 9.59 Å². The van der Waals surface area contributed by atoms with Gasteiger partial charge in [0.1, 0.15) is 12.1 Å². The van der Waals surface area contributed by atoms with Gasteiger partial charge in [-0.1, -0.05) is 36.4 Å². The van der Waals surface area contributed by atoms with Crippen LogP contribution in [0.4, 0.5) is 4.39 Å². The van der Waals surface area contributed by atoms with E-state index in [9.17, 15) is 14.0 Å². The lowest BCUT2D eigenvalue weighted by atomic mass is 9.88. The van der Waals surface area contributed by atoms with Crippen LogP contribution in [0.5, 0.6) is 0 Å². The summed E-state index contributed by atoms with van der Waals surface area (Å²) in [6.07, 6.45) is 1.39. The van der Waals surface area contributed by atoms with Crippen LogP contribution in [0.1, 0.15) is 49.7 Å². The van der Waals surface area contributed by atoms with E-state index in [1.165, 1.54) is 12.1 Å². The second kappa shape index (κ2) is 9.43. The average molecular weight is 386 g/mol. The number of nitrogens with one attached hydrogen (secondary N) is 1. The maximum atomic E-state index is 13.3. The zero-order chi connectivity index (χ0) is 20.6. The summed E-state index contributed by atoms with van der Waals surface area (Å²) in [6.45, 7) is 0.413. The molecule has 1 unspecified atom stereocenters. The third-order valence-electron chi connectivity index (χ3n) is 4.74. The van der Waals surface area contributed by atoms with Crippen molar-refractivity contribution >= 4 is 12.2 Å². The number of halogens is 1. The Bertz CT molecular complexity index is 1020. The number of rotatable bonds is 7. The van der Waals surface area contributed by atoms with Crippen LogP contribution in [-0.4, -0.2) is 18.7 Å². The lowest BCUT2D eigenvalue weighted by molar-refractivity contribution is 0.0952. The molecule has 0 bridgehead atoms. The van der Waals surface area contributed by atoms with E-state index in [1.807, 2.05) is 18.2 Å². The average Bonchev–Trinajstić information content (AvgIpc) is 2.77. The molecule has 3 aromatic carbocycles. The Morgan fingerprint density at radius 3 is 2.10 bits per heavy atom. The lowest BCUT2D eigenvalue weighted by Crippen LogP contribution is -2.25. The Labute approximate surface area is 168 Å². The first-order valence-corrected chi connectivity index (χ1v) is 9.19. The van der Waals surface area contributed by atoms with Crippen LogP contribution in [0.3, 0.4) is 0 Å². The SMILES string of the molecule is N#Cc1ccc(C(=O)NCCC(c2ccc(F)cc2)c2ccc(C=O)cc2)cc1. The third-order valence-corrected chi connectivity index (χ3v) is 4.74. The standard InChI is InChI=1S/C24H19FN2O2/c25-22-11-9-20(10-12-22)23(19-5-3-18(16-28)4-6-19)13-14-27-24(29)21-7-1-17(15-26)2-8-21/h1-12,16,23H,13-14H2,(H,27,29). The van der Waals surface area contributed by atoms with Crippen molar-refractivity contribution in [3.63, 3.8) is 0 Å². The molecule has 0 fully saturated rings. The molecule has 3 rings (SSSR count). The number of amides is 1. The Morgan fingerprint density at radius 2 is 1.55 bits per heavy atom. The van der Waals surface area contributed by atoms with Crippen molar-refractivity contribution in [2.75, 3.05) is 6.54 Å². The minimum Gasteiger partial charge on any atom is -0.352 e. The molecule has 0 radical (unpaired) electrons. The quantitative estimate of drug-likeness (QED) is 0.610. The first-order valence-electron chi connectivity index (χ1n) is 9.19. The van der Waals surface area contributed by atoms with E-state index in [4.69, 9.17) is 5.26 Å². The summed E-state index contributed by atoms with van der Waals surface area (Å²) >= 11 is 0. The van der Waals surface area contributed by atoms with E-state index in [2.05, 4.69) is 5.32 Å². The molecule has 1 N–H and O–H groups in total. The van der Waals surface area contributed by atoms with Gasteiger partial charge in [-0.25, -0.2) is 4.39 Å². The molecule has 0 saturated carbocycles. The number of nitrogens with zero attached hydrogens (tertiary/aromatic N) is 1. The molecule has 29 heavy (non-hydrogen) atoms. The normalized spacial score (nSPS) is 11.3. The number of carbonyl (C=O) groups is 2. The third kappa shape index (κ3) is 5.14. The molecule has 1 atom stereocenters.